The normalized spacial score (nSPS) is 22.0. The van der Waals surface area contributed by atoms with Crippen molar-refractivity contribution in [2.24, 2.45) is 4.99 Å². The van der Waals surface area contributed by atoms with Gasteiger partial charge in [0.1, 0.15) is 5.76 Å². The second kappa shape index (κ2) is 9.06. The maximum atomic E-state index is 5.26. The topological polar surface area (TPSA) is 68.9 Å². The molecule has 3 heterocycles. The Hall–Kier alpha value is -1.60. The highest BCUT2D eigenvalue weighted by molar-refractivity contribution is 5.79. The summed E-state index contributed by atoms with van der Waals surface area (Å²) in [5.74, 6) is 1.72. The predicted molar refractivity (Wildman–Crippen MR) is 109 cm³/mol. The van der Waals surface area contributed by atoms with Gasteiger partial charge >= 0.3 is 0 Å². The number of likely N-dealkylation sites (tertiary alicyclic amines) is 2. The van der Waals surface area contributed by atoms with Crippen LogP contribution in [0.1, 0.15) is 49.1 Å². The fourth-order valence-electron chi connectivity index (χ4n) is 4.40. The van der Waals surface area contributed by atoms with Crippen LogP contribution in [0.4, 0.5) is 0 Å². The molecule has 27 heavy (non-hydrogen) atoms. The van der Waals surface area contributed by atoms with Crippen LogP contribution in [-0.4, -0.2) is 73.3 Å². The number of nitrogens with one attached hydrogen (secondary N) is 2. The van der Waals surface area contributed by atoms with Gasteiger partial charge in [-0.2, -0.15) is 0 Å². The molecule has 0 aliphatic carbocycles. The summed E-state index contributed by atoms with van der Waals surface area (Å²) in [6.45, 7) is 10.4. The number of piperidine rings is 2. The molecular weight excluding hydrogens is 340 g/mol. The van der Waals surface area contributed by atoms with Gasteiger partial charge in [0.15, 0.2) is 5.96 Å². The third-order valence-corrected chi connectivity index (χ3v) is 6.37. The van der Waals surface area contributed by atoms with Crippen molar-refractivity contribution < 1.29 is 4.52 Å². The number of hydrogen-bond acceptors (Lipinski definition) is 5. The molecule has 0 bridgehead atoms. The number of rotatable bonds is 5. The molecule has 0 radical (unpaired) electrons. The van der Waals surface area contributed by atoms with Gasteiger partial charge in [0.05, 0.1) is 5.69 Å². The molecular formula is C20H36N6O. The largest absolute Gasteiger partial charge is 0.361 e. The van der Waals surface area contributed by atoms with Crippen LogP contribution in [0, 0.1) is 13.8 Å². The van der Waals surface area contributed by atoms with Crippen LogP contribution in [0.15, 0.2) is 9.52 Å². The smallest absolute Gasteiger partial charge is 0.191 e. The van der Waals surface area contributed by atoms with Gasteiger partial charge in [0.2, 0.25) is 0 Å². The van der Waals surface area contributed by atoms with Crippen molar-refractivity contribution in [3.05, 3.63) is 17.0 Å². The zero-order valence-corrected chi connectivity index (χ0v) is 17.5. The van der Waals surface area contributed by atoms with Gasteiger partial charge in [-0.3, -0.25) is 9.89 Å². The molecule has 2 N–H and O–H groups in total. The molecule has 2 saturated heterocycles. The molecule has 0 aromatic carbocycles. The molecule has 152 valence electrons. The summed E-state index contributed by atoms with van der Waals surface area (Å²) >= 11 is 0. The molecule has 0 saturated carbocycles. The number of hydrogen-bond donors (Lipinski definition) is 2. The molecule has 0 spiro atoms. The lowest BCUT2D eigenvalue weighted by molar-refractivity contribution is 0.0173. The second-order valence-electron chi connectivity index (χ2n) is 8.16. The lowest BCUT2D eigenvalue weighted by Crippen LogP contribution is -2.62. The first-order valence-corrected chi connectivity index (χ1v) is 10.3. The van der Waals surface area contributed by atoms with Crippen molar-refractivity contribution in [2.45, 2.75) is 58.0 Å². The lowest BCUT2D eigenvalue weighted by atomic mass is 9.84. The molecule has 0 atom stereocenters. The Bertz CT molecular complexity index is 607. The van der Waals surface area contributed by atoms with E-state index in [1.54, 1.807) is 0 Å². The van der Waals surface area contributed by atoms with Crippen molar-refractivity contribution in [1.82, 2.24) is 25.6 Å². The number of aliphatic imine (C=N–C) groups is 1. The van der Waals surface area contributed by atoms with Gasteiger partial charge in [-0.25, -0.2) is 0 Å². The Balaban J connectivity index is 1.61. The summed E-state index contributed by atoms with van der Waals surface area (Å²) in [7, 11) is 4.07. The van der Waals surface area contributed by atoms with Gasteiger partial charge < -0.3 is 20.1 Å². The SMILES string of the molecule is CN=C(NCc1c(C)noc1C)NCC1(N2CCCCC2)CCN(C)CC1. The molecule has 2 aliphatic heterocycles. The lowest BCUT2D eigenvalue weighted by Gasteiger charge is -2.50. The second-order valence-corrected chi connectivity index (χ2v) is 8.16. The zero-order chi connectivity index (χ0) is 19.3. The molecule has 7 heteroatoms. The van der Waals surface area contributed by atoms with E-state index >= 15 is 0 Å². The summed E-state index contributed by atoms with van der Waals surface area (Å²) in [5, 5.41) is 11.1. The molecule has 1 aromatic rings. The molecule has 0 unspecified atom stereocenters. The van der Waals surface area contributed by atoms with Crippen LogP contribution < -0.4 is 10.6 Å². The average molecular weight is 377 g/mol. The minimum absolute atomic E-state index is 0.244. The Kier molecular flexibility index (Phi) is 6.76. The Morgan fingerprint density at radius 1 is 1.11 bits per heavy atom. The highest BCUT2D eigenvalue weighted by atomic mass is 16.5. The van der Waals surface area contributed by atoms with Crippen LogP contribution in [0.5, 0.6) is 0 Å². The van der Waals surface area contributed by atoms with E-state index in [1.807, 2.05) is 20.9 Å². The first-order valence-electron chi connectivity index (χ1n) is 10.3. The van der Waals surface area contributed by atoms with E-state index in [2.05, 4.69) is 37.6 Å². The standard InChI is InChI=1S/C20H36N6O/c1-16-18(17(2)27-24-16)14-22-19(21-3)23-15-20(8-12-25(4)13-9-20)26-10-6-5-7-11-26/h5-15H2,1-4H3,(H2,21,22,23). The molecule has 0 amide bonds. The third-order valence-electron chi connectivity index (χ3n) is 6.37. The Morgan fingerprint density at radius 3 is 2.41 bits per heavy atom. The number of nitrogens with zero attached hydrogens (tertiary/aromatic N) is 4. The molecule has 2 aliphatic rings. The summed E-state index contributed by atoms with van der Waals surface area (Å²) in [4.78, 5) is 9.64. The van der Waals surface area contributed by atoms with Gasteiger partial charge in [-0.05, 0) is 72.8 Å². The molecule has 2 fully saturated rings. The quantitative estimate of drug-likeness (QED) is 0.604. The molecule has 1 aromatic heterocycles. The van der Waals surface area contributed by atoms with Gasteiger partial charge in [0, 0.05) is 31.2 Å². The maximum Gasteiger partial charge on any atom is 0.191 e. The first kappa shape index (κ1) is 20.1. The number of aryl methyl sites for hydroxylation is 2. The highest BCUT2D eigenvalue weighted by Crippen LogP contribution is 2.30. The van der Waals surface area contributed by atoms with Crippen molar-refractivity contribution in [3.8, 4) is 0 Å². The van der Waals surface area contributed by atoms with Crippen molar-refractivity contribution in [1.29, 1.82) is 0 Å². The third kappa shape index (κ3) is 4.82. The van der Waals surface area contributed by atoms with Crippen LogP contribution in [0.2, 0.25) is 0 Å². The summed E-state index contributed by atoms with van der Waals surface area (Å²) in [6.07, 6.45) is 6.47. The predicted octanol–water partition coefficient (Wildman–Crippen LogP) is 1.91. The van der Waals surface area contributed by atoms with Crippen molar-refractivity contribution in [3.63, 3.8) is 0 Å². The average Bonchev–Trinajstić information content (AvgIpc) is 3.02. The fraction of sp³-hybridized carbons (Fsp3) is 0.800. The minimum Gasteiger partial charge on any atom is -0.361 e. The Labute approximate surface area is 163 Å². The van der Waals surface area contributed by atoms with Gasteiger partial charge in [-0.15, -0.1) is 0 Å². The summed E-state index contributed by atoms with van der Waals surface area (Å²) in [5.41, 5.74) is 2.30. The van der Waals surface area contributed by atoms with Gasteiger partial charge in [-0.1, -0.05) is 11.6 Å². The van der Waals surface area contributed by atoms with Crippen molar-refractivity contribution >= 4 is 5.96 Å². The highest BCUT2D eigenvalue weighted by Gasteiger charge is 2.39. The van der Waals surface area contributed by atoms with E-state index in [0.29, 0.717) is 6.54 Å². The summed E-state index contributed by atoms with van der Waals surface area (Å²) < 4.78 is 5.26. The maximum absolute atomic E-state index is 5.26. The van der Waals surface area contributed by atoms with Gasteiger partial charge in [0.25, 0.3) is 0 Å². The van der Waals surface area contributed by atoms with E-state index < -0.39 is 0 Å². The van der Waals surface area contributed by atoms with Crippen LogP contribution in [0.3, 0.4) is 0 Å². The number of aromatic nitrogens is 1. The van der Waals surface area contributed by atoms with Crippen LogP contribution in [0.25, 0.3) is 0 Å². The van der Waals surface area contributed by atoms with E-state index in [0.717, 1.165) is 29.5 Å². The zero-order valence-electron chi connectivity index (χ0n) is 17.5. The Morgan fingerprint density at radius 2 is 1.81 bits per heavy atom. The number of guanidine groups is 1. The summed E-state index contributed by atoms with van der Waals surface area (Å²) in [6, 6.07) is 0. The van der Waals surface area contributed by atoms with Crippen molar-refractivity contribution in [2.75, 3.05) is 46.8 Å². The minimum atomic E-state index is 0.244. The van der Waals surface area contributed by atoms with Crippen LogP contribution in [-0.2, 0) is 6.54 Å². The van der Waals surface area contributed by atoms with E-state index in [1.165, 1.54) is 58.3 Å². The molecule has 7 nitrogen and oxygen atoms in total. The van der Waals surface area contributed by atoms with Crippen LogP contribution >= 0.6 is 0 Å². The first-order chi connectivity index (χ1) is 13.0. The fourth-order valence-corrected chi connectivity index (χ4v) is 4.40. The van der Waals surface area contributed by atoms with E-state index in [9.17, 15) is 0 Å². The van der Waals surface area contributed by atoms with E-state index in [-0.39, 0.29) is 5.54 Å². The molecule has 3 rings (SSSR count). The van der Waals surface area contributed by atoms with E-state index in [4.69, 9.17) is 4.52 Å². The monoisotopic (exact) mass is 376 g/mol.